The van der Waals surface area contributed by atoms with Crippen molar-refractivity contribution in [1.82, 2.24) is 9.97 Å². The fourth-order valence-electron chi connectivity index (χ4n) is 6.82. The molecule has 0 aliphatic carbocycles. The number of carbonyl (C=O) groups excluding carboxylic acids is 1. The van der Waals surface area contributed by atoms with Crippen LogP contribution in [0.2, 0.25) is 0 Å². The molecular formula is C48H58IrN2O2-2. The van der Waals surface area contributed by atoms with E-state index in [4.69, 9.17) is 4.98 Å². The Kier molecular flexibility index (Phi) is 17.8. The van der Waals surface area contributed by atoms with Gasteiger partial charge in [0.1, 0.15) is 0 Å². The maximum Gasteiger partial charge on any atom is 0.162 e. The van der Waals surface area contributed by atoms with Gasteiger partial charge in [-0.2, -0.15) is 0 Å². The molecule has 4 nitrogen and oxygen atoms in total. The Labute approximate surface area is 333 Å². The van der Waals surface area contributed by atoms with Gasteiger partial charge in [-0.1, -0.05) is 85.7 Å². The van der Waals surface area contributed by atoms with Crippen molar-refractivity contribution in [3.63, 3.8) is 0 Å². The second kappa shape index (κ2) is 21.7. The Hall–Kier alpha value is -3.92. The predicted octanol–water partition coefficient (Wildman–Crippen LogP) is 12.7. The molecule has 0 atom stereocenters. The third kappa shape index (κ3) is 12.3. The average Bonchev–Trinajstić information content (AvgIpc) is 3.14. The van der Waals surface area contributed by atoms with Crippen LogP contribution in [-0.4, -0.2) is 20.9 Å². The van der Waals surface area contributed by atoms with E-state index in [-0.39, 0.29) is 43.5 Å². The molecule has 0 amide bonds. The Morgan fingerprint density at radius 2 is 1.51 bits per heavy atom. The van der Waals surface area contributed by atoms with Crippen LogP contribution in [0.5, 0.6) is 0 Å². The molecule has 0 saturated carbocycles. The normalized spacial score (nSPS) is 11.5. The molecule has 2 heterocycles. The first kappa shape index (κ1) is 43.5. The molecule has 0 fully saturated rings. The summed E-state index contributed by atoms with van der Waals surface area (Å²) in [5, 5.41) is 12.3. The molecule has 283 valence electrons. The Morgan fingerprint density at radius 1 is 0.792 bits per heavy atom. The fraction of sp³-hybridized carbons (Fsp3) is 0.396. The van der Waals surface area contributed by atoms with Crippen molar-refractivity contribution in [2.45, 2.75) is 113 Å². The number of aromatic nitrogens is 2. The number of unbranched alkanes of at least 4 members (excludes halogenated alkanes) is 1. The first-order chi connectivity index (χ1) is 25.1. The zero-order valence-electron chi connectivity index (χ0n) is 33.1. The van der Waals surface area contributed by atoms with Crippen LogP contribution in [0.1, 0.15) is 114 Å². The molecule has 5 rings (SSSR count). The number of rotatable bonds is 15. The predicted molar refractivity (Wildman–Crippen MR) is 219 cm³/mol. The summed E-state index contributed by atoms with van der Waals surface area (Å²) in [4.78, 5) is 21.3. The molecule has 5 heteroatoms. The number of aliphatic hydroxyl groups excluding tert-OH is 1. The first-order valence-electron chi connectivity index (χ1n) is 19.4. The van der Waals surface area contributed by atoms with Gasteiger partial charge in [0, 0.05) is 50.4 Å². The molecule has 5 aromatic rings. The van der Waals surface area contributed by atoms with Crippen LogP contribution < -0.4 is 0 Å². The number of hydrogen-bond donors (Lipinski definition) is 1. The van der Waals surface area contributed by atoms with Crippen LogP contribution in [0.4, 0.5) is 0 Å². The molecule has 3 aromatic carbocycles. The summed E-state index contributed by atoms with van der Waals surface area (Å²) in [5.74, 6) is 1.04. The van der Waals surface area contributed by atoms with Gasteiger partial charge in [-0.3, -0.25) is 4.79 Å². The molecule has 0 unspecified atom stereocenters. The maximum absolute atomic E-state index is 11.7. The largest absolute Gasteiger partial charge is 0.512 e. The second-order valence-corrected chi connectivity index (χ2v) is 14.4. The molecule has 1 radical (unpaired) electrons. The molecular weight excluding hydrogens is 829 g/mol. The molecule has 1 N–H and O–H groups in total. The molecule has 0 saturated heterocycles. The number of pyridine rings is 2. The van der Waals surface area contributed by atoms with Crippen molar-refractivity contribution < 1.29 is 30.0 Å². The third-order valence-electron chi connectivity index (χ3n) is 10.1. The first-order valence-corrected chi connectivity index (χ1v) is 19.4. The van der Waals surface area contributed by atoms with E-state index >= 15 is 0 Å². The number of benzene rings is 3. The number of ketones is 1. The van der Waals surface area contributed by atoms with Crippen LogP contribution >= 0.6 is 0 Å². The van der Waals surface area contributed by atoms with Crippen molar-refractivity contribution >= 4 is 16.6 Å². The zero-order chi connectivity index (χ0) is 37.6. The number of allylic oxidation sites excluding steroid dienone is 2. The fourth-order valence-corrected chi connectivity index (χ4v) is 6.82. The van der Waals surface area contributed by atoms with Crippen molar-refractivity contribution in [2.24, 2.45) is 11.8 Å². The topological polar surface area (TPSA) is 63.1 Å². The van der Waals surface area contributed by atoms with Crippen molar-refractivity contribution in [2.75, 3.05) is 0 Å². The van der Waals surface area contributed by atoms with Crippen LogP contribution in [0.25, 0.3) is 33.3 Å². The average molecular weight is 887 g/mol. The van der Waals surface area contributed by atoms with Gasteiger partial charge in [0.15, 0.2) is 5.78 Å². The van der Waals surface area contributed by atoms with Crippen LogP contribution in [0.15, 0.2) is 91.0 Å². The standard InChI is InChI=1S/C35H34N2.C13H24O2.Ir/c1-24(2)29-15-16-32-33(21-29)30(23-37-35(32)31-19-25(3)18-26(4)20-31)13-9-8-10-27-14-17-34(36-22-27)28-11-6-5-7-12-28;1-5-10(6-2)12(14)9-13(15)11(7-3)8-4;/h5-7,11,14-19,21-24H,8-10,13H2,1-4H3;9-11,14H,5-8H2,1-4H3;/q-2;;/b;12-9-;. The van der Waals surface area contributed by atoms with Gasteiger partial charge in [0.05, 0.1) is 5.76 Å². The van der Waals surface area contributed by atoms with Gasteiger partial charge in [-0.05, 0) is 96.1 Å². The molecule has 0 bridgehead atoms. The van der Waals surface area contributed by atoms with E-state index in [9.17, 15) is 9.90 Å². The number of aliphatic hydroxyl groups is 1. The number of aryl methyl sites for hydroxylation is 4. The van der Waals surface area contributed by atoms with E-state index in [0.29, 0.717) is 5.92 Å². The summed E-state index contributed by atoms with van der Waals surface area (Å²) in [6.45, 7) is 16.8. The molecule has 53 heavy (non-hydrogen) atoms. The third-order valence-corrected chi connectivity index (χ3v) is 10.1. The van der Waals surface area contributed by atoms with E-state index in [1.165, 1.54) is 39.1 Å². The monoisotopic (exact) mass is 887 g/mol. The Bertz CT molecular complexity index is 1890. The zero-order valence-corrected chi connectivity index (χ0v) is 35.5. The summed E-state index contributed by atoms with van der Waals surface area (Å²) >= 11 is 0. The number of hydrogen-bond acceptors (Lipinski definition) is 4. The maximum atomic E-state index is 11.7. The SMILES string of the molecule is CCC(CC)C(=O)/C=C(\O)C(CC)CC.Cc1[c-]c(-c2ncc(CCCCc3ccc(-c4[c-]cccc4)nc3)c3cc(C(C)C)ccc23)cc(C)c1.[Ir]. The molecule has 2 aromatic heterocycles. The minimum atomic E-state index is 0. The second-order valence-electron chi connectivity index (χ2n) is 14.4. The Balaban J connectivity index is 0.000000403. The smallest absolute Gasteiger partial charge is 0.162 e. The van der Waals surface area contributed by atoms with E-state index in [0.717, 1.165) is 79.4 Å². The minimum absolute atomic E-state index is 0. The molecule has 0 aliphatic heterocycles. The van der Waals surface area contributed by atoms with Gasteiger partial charge < -0.3 is 15.1 Å². The van der Waals surface area contributed by atoms with Crippen LogP contribution in [-0.2, 0) is 37.7 Å². The number of nitrogens with zero attached hydrogens (tertiary/aromatic N) is 2. The molecule has 0 aliphatic rings. The van der Waals surface area contributed by atoms with Crippen molar-refractivity contribution in [1.29, 1.82) is 0 Å². The quantitative estimate of drug-likeness (QED) is 0.0492. The number of fused-ring (bicyclic) bond motifs is 1. The van der Waals surface area contributed by atoms with E-state index in [1.54, 1.807) is 0 Å². The van der Waals surface area contributed by atoms with Gasteiger partial charge in [-0.15, -0.1) is 70.8 Å². The van der Waals surface area contributed by atoms with E-state index < -0.39 is 0 Å². The summed E-state index contributed by atoms with van der Waals surface area (Å²) in [6, 6.07) is 30.3. The van der Waals surface area contributed by atoms with Crippen molar-refractivity contribution in [3.05, 3.63) is 131 Å². The van der Waals surface area contributed by atoms with Gasteiger partial charge in [0.25, 0.3) is 0 Å². The van der Waals surface area contributed by atoms with Crippen molar-refractivity contribution in [3.8, 4) is 22.5 Å². The van der Waals surface area contributed by atoms with Gasteiger partial charge >= 0.3 is 0 Å². The van der Waals surface area contributed by atoms with Gasteiger partial charge in [-0.25, -0.2) is 0 Å². The van der Waals surface area contributed by atoms with Gasteiger partial charge in [0.2, 0.25) is 0 Å². The van der Waals surface area contributed by atoms with Crippen LogP contribution in [0, 0.1) is 37.8 Å². The number of carbonyl (C=O) groups is 1. The summed E-state index contributed by atoms with van der Waals surface area (Å²) in [6.07, 6.45) is 13.3. The molecule has 0 spiro atoms. The Morgan fingerprint density at radius 3 is 2.11 bits per heavy atom. The summed E-state index contributed by atoms with van der Waals surface area (Å²) < 4.78 is 0. The summed E-state index contributed by atoms with van der Waals surface area (Å²) in [5.41, 5.74) is 10.5. The minimum Gasteiger partial charge on any atom is -0.512 e. The van der Waals surface area contributed by atoms with Crippen LogP contribution in [0.3, 0.4) is 0 Å². The van der Waals surface area contributed by atoms with E-state index in [1.807, 2.05) is 52.1 Å². The van der Waals surface area contributed by atoms with E-state index in [2.05, 4.69) is 99.5 Å². The summed E-state index contributed by atoms with van der Waals surface area (Å²) in [7, 11) is 0.